The SMILES string of the molecule is COc1cc2c(cc1OCCCCCOc1cc3c(cc1OC)C(=O)N1c4ccccc4C[C@H]1CN3CC(C)(C)S(C)=S)N=C[C@@H]1Cc3ccccc3N1C2=O. The van der Waals surface area contributed by atoms with Crippen LogP contribution in [-0.2, 0) is 33.5 Å². The number of amides is 2. The minimum absolute atomic E-state index is 0.0151. The average Bonchev–Trinajstić information content (AvgIpc) is 3.69. The molecule has 0 radical (unpaired) electrons. The van der Waals surface area contributed by atoms with Crippen molar-refractivity contribution in [3.63, 3.8) is 0 Å². The van der Waals surface area contributed by atoms with Gasteiger partial charge in [0.15, 0.2) is 23.0 Å². The Bertz CT molecular complexity index is 2240. The molecular formula is C44H48N4O6S2. The van der Waals surface area contributed by atoms with Crippen LogP contribution in [0.4, 0.5) is 22.7 Å². The number of aliphatic imine (C=N–C) groups is 1. The molecule has 0 bridgehead atoms. The molecule has 0 fully saturated rings. The molecular weight excluding hydrogens is 745 g/mol. The van der Waals surface area contributed by atoms with E-state index in [4.69, 9.17) is 35.1 Å². The van der Waals surface area contributed by atoms with Gasteiger partial charge in [-0.05, 0) is 81.2 Å². The normalized spacial score (nSPS) is 18.6. The topological polar surface area (TPSA) is 93.1 Å². The molecule has 10 nitrogen and oxygen atoms in total. The number of fused-ring (bicyclic) bond motifs is 8. The lowest BCUT2D eigenvalue weighted by Crippen LogP contribution is -2.47. The molecule has 0 saturated carbocycles. The molecule has 3 atom stereocenters. The minimum atomic E-state index is -0.262. The molecule has 4 heterocycles. The van der Waals surface area contributed by atoms with Crippen molar-refractivity contribution in [2.75, 3.05) is 61.5 Å². The molecule has 292 valence electrons. The highest BCUT2D eigenvalue weighted by molar-refractivity contribution is 8.29. The summed E-state index contributed by atoms with van der Waals surface area (Å²) in [4.78, 5) is 38.9. The predicted molar refractivity (Wildman–Crippen MR) is 227 cm³/mol. The van der Waals surface area contributed by atoms with Crippen LogP contribution in [0.1, 0.15) is 65.0 Å². The predicted octanol–water partition coefficient (Wildman–Crippen LogP) is 7.50. The van der Waals surface area contributed by atoms with Crippen LogP contribution in [0.2, 0.25) is 0 Å². The van der Waals surface area contributed by atoms with Crippen LogP contribution in [0.5, 0.6) is 23.0 Å². The summed E-state index contributed by atoms with van der Waals surface area (Å²) in [6, 6.07) is 23.5. The van der Waals surface area contributed by atoms with E-state index in [1.807, 2.05) is 64.5 Å². The Balaban J connectivity index is 0.922. The molecule has 0 aliphatic carbocycles. The molecule has 4 aromatic carbocycles. The Morgan fingerprint density at radius 1 is 0.750 bits per heavy atom. The molecule has 8 rings (SSSR count). The Morgan fingerprint density at radius 3 is 2.00 bits per heavy atom. The van der Waals surface area contributed by atoms with E-state index in [1.54, 1.807) is 26.4 Å². The quantitative estimate of drug-likeness (QED) is 0.129. The lowest BCUT2D eigenvalue weighted by molar-refractivity contribution is 0.0976. The fourth-order valence-electron chi connectivity index (χ4n) is 8.25. The summed E-state index contributed by atoms with van der Waals surface area (Å²) in [5.74, 6) is 2.09. The lowest BCUT2D eigenvalue weighted by Gasteiger charge is -2.35. The van der Waals surface area contributed by atoms with E-state index in [-0.39, 0.29) is 38.1 Å². The van der Waals surface area contributed by atoms with Gasteiger partial charge in [-0.1, -0.05) is 47.6 Å². The molecule has 4 aromatic rings. The van der Waals surface area contributed by atoms with Crippen LogP contribution in [0.3, 0.4) is 0 Å². The zero-order valence-electron chi connectivity index (χ0n) is 32.6. The third-order valence-electron chi connectivity index (χ3n) is 11.4. The second kappa shape index (κ2) is 15.5. The van der Waals surface area contributed by atoms with Gasteiger partial charge in [-0.3, -0.25) is 19.5 Å². The Hall–Kier alpha value is -4.94. The minimum Gasteiger partial charge on any atom is -0.493 e. The van der Waals surface area contributed by atoms with Crippen molar-refractivity contribution in [2.24, 2.45) is 4.99 Å². The van der Waals surface area contributed by atoms with Gasteiger partial charge in [0.25, 0.3) is 11.8 Å². The van der Waals surface area contributed by atoms with E-state index in [2.05, 4.69) is 37.1 Å². The van der Waals surface area contributed by atoms with E-state index in [1.165, 1.54) is 5.56 Å². The van der Waals surface area contributed by atoms with Crippen LogP contribution in [0, 0.1) is 0 Å². The summed E-state index contributed by atoms with van der Waals surface area (Å²) < 4.78 is 23.9. The molecule has 4 aliphatic heterocycles. The van der Waals surface area contributed by atoms with Gasteiger partial charge in [-0.25, -0.2) is 0 Å². The van der Waals surface area contributed by atoms with Gasteiger partial charge in [-0.2, -0.15) is 0 Å². The summed E-state index contributed by atoms with van der Waals surface area (Å²) in [5, 5.41) is 0. The van der Waals surface area contributed by atoms with Crippen molar-refractivity contribution in [2.45, 2.75) is 62.8 Å². The molecule has 0 spiro atoms. The standard InChI is InChI=1S/C44H48N4O6S2/c1-44(2,56(5)55)27-46-26-31-20-29-14-8-10-16-36(29)48(31)43(50)33-22-39(52-4)41(24-37(33)46)54-18-12-6-11-17-53-40-23-34-32(21-38(40)51-3)42(49)47-30(25-45-34)19-28-13-7-9-15-35(28)47/h7-10,13-16,21-25,30-31H,6,11-12,17-20,26-27H2,1-5H3/t30-,31-,56?/m0/s1. The molecule has 0 N–H and O–H groups in total. The maximum Gasteiger partial charge on any atom is 0.261 e. The molecule has 2 amide bonds. The summed E-state index contributed by atoms with van der Waals surface area (Å²) in [5.41, 5.74) is 6.77. The van der Waals surface area contributed by atoms with Gasteiger partial charge in [0.1, 0.15) is 0 Å². The highest BCUT2D eigenvalue weighted by Gasteiger charge is 2.41. The fraction of sp³-hybridized carbons (Fsp3) is 0.386. The van der Waals surface area contributed by atoms with E-state index in [9.17, 15) is 9.59 Å². The number of ether oxygens (including phenoxy) is 4. The second-order valence-corrected chi connectivity index (χ2v) is 18.9. The van der Waals surface area contributed by atoms with Gasteiger partial charge in [-0.15, -0.1) is 9.45 Å². The molecule has 0 aromatic heterocycles. The number of anilines is 3. The van der Waals surface area contributed by atoms with Gasteiger partial charge in [0.2, 0.25) is 0 Å². The summed E-state index contributed by atoms with van der Waals surface area (Å²) in [6.07, 6.45) is 7.95. The Labute approximate surface area is 336 Å². The third kappa shape index (κ3) is 7.02. The number of rotatable bonds is 13. The van der Waals surface area contributed by atoms with Crippen LogP contribution >= 0.6 is 0 Å². The monoisotopic (exact) mass is 792 g/mol. The summed E-state index contributed by atoms with van der Waals surface area (Å²) in [7, 11) is 2.93. The highest BCUT2D eigenvalue weighted by Crippen LogP contribution is 2.44. The van der Waals surface area contributed by atoms with Gasteiger partial charge in [0.05, 0.1) is 62.0 Å². The smallest absolute Gasteiger partial charge is 0.261 e. The van der Waals surface area contributed by atoms with Crippen LogP contribution in [-0.4, -0.2) is 81.6 Å². The maximum absolute atomic E-state index is 14.3. The number of benzene rings is 4. The number of nitrogens with zero attached hydrogens (tertiary/aromatic N) is 4. The van der Waals surface area contributed by atoms with E-state index < -0.39 is 0 Å². The van der Waals surface area contributed by atoms with Crippen molar-refractivity contribution in [3.8, 4) is 23.0 Å². The maximum atomic E-state index is 14.3. The highest BCUT2D eigenvalue weighted by atomic mass is 32.8. The first kappa shape index (κ1) is 38.0. The molecule has 0 saturated heterocycles. The number of hydrogen-bond acceptors (Lipinski definition) is 9. The number of carbonyl (C=O) groups is 2. The zero-order valence-corrected chi connectivity index (χ0v) is 34.2. The van der Waals surface area contributed by atoms with Crippen molar-refractivity contribution in [1.82, 2.24) is 0 Å². The van der Waals surface area contributed by atoms with Crippen LogP contribution in [0.25, 0.3) is 0 Å². The average molecular weight is 793 g/mol. The number of para-hydroxylation sites is 2. The first-order valence-corrected chi connectivity index (χ1v) is 21.8. The van der Waals surface area contributed by atoms with Crippen LogP contribution in [0.15, 0.2) is 77.8 Å². The number of unbranched alkanes of at least 4 members (excludes halogenated alkanes) is 2. The van der Waals surface area contributed by atoms with Gasteiger partial charge < -0.3 is 28.7 Å². The van der Waals surface area contributed by atoms with Crippen molar-refractivity contribution >= 4 is 61.4 Å². The Morgan fingerprint density at radius 2 is 1.34 bits per heavy atom. The molecule has 1 unspecified atom stereocenters. The van der Waals surface area contributed by atoms with E-state index in [0.29, 0.717) is 66.1 Å². The lowest BCUT2D eigenvalue weighted by atomic mass is 10.1. The fourth-order valence-corrected chi connectivity index (χ4v) is 8.75. The number of methoxy groups -OCH3 is 2. The third-order valence-corrected chi connectivity index (χ3v) is 14.4. The van der Waals surface area contributed by atoms with Gasteiger partial charge >= 0.3 is 0 Å². The number of carbonyl (C=O) groups excluding carboxylic acids is 2. The summed E-state index contributed by atoms with van der Waals surface area (Å²) in [6.45, 7) is 6.77. The second-order valence-electron chi connectivity index (χ2n) is 15.4. The van der Waals surface area contributed by atoms with Crippen molar-refractivity contribution < 1.29 is 28.5 Å². The van der Waals surface area contributed by atoms with Crippen LogP contribution < -0.4 is 33.6 Å². The summed E-state index contributed by atoms with van der Waals surface area (Å²) >= 11 is 5.80. The van der Waals surface area contributed by atoms with Gasteiger partial charge in [0, 0.05) is 54.0 Å². The molecule has 4 aliphatic rings. The largest absolute Gasteiger partial charge is 0.493 e. The number of hydrogen-bond donors (Lipinski definition) is 0. The van der Waals surface area contributed by atoms with Crippen molar-refractivity contribution in [1.29, 1.82) is 0 Å². The Kier molecular flexibility index (Phi) is 10.5. The zero-order chi connectivity index (χ0) is 39.1. The first-order chi connectivity index (χ1) is 27.1. The van der Waals surface area contributed by atoms with E-state index in [0.717, 1.165) is 54.7 Å². The first-order valence-electron chi connectivity index (χ1n) is 19.2. The van der Waals surface area contributed by atoms with Crippen molar-refractivity contribution in [3.05, 3.63) is 95.1 Å². The molecule has 56 heavy (non-hydrogen) atoms. The molecule has 12 heteroatoms. The van der Waals surface area contributed by atoms with E-state index >= 15 is 0 Å².